The quantitative estimate of drug-likeness (QED) is 0.572. The lowest BCUT2D eigenvalue weighted by Crippen LogP contribution is -1.99. The van der Waals surface area contributed by atoms with Gasteiger partial charge in [-0.25, -0.2) is 0 Å². The van der Waals surface area contributed by atoms with Crippen molar-refractivity contribution >= 4 is 18.0 Å². The molecular formula is C14H18OS. The predicted octanol–water partition coefficient (Wildman–Crippen LogP) is 4.31. The van der Waals surface area contributed by atoms with Gasteiger partial charge in [0.2, 0.25) is 0 Å². The molecule has 86 valence electrons. The average Bonchev–Trinajstić information content (AvgIpc) is 2.59. The lowest BCUT2D eigenvalue weighted by Gasteiger charge is -2.13. The van der Waals surface area contributed by atoms with E-state index in [0.717, 1.165) is 17.1 Å². The van der Waals surface area contributed by atoms with Gasteiger partial charge in [0.1, 0.15) is 6.29 Å². The molecule has 2 rings (SSSR count). The van der Waals surface area contributed by atoms with Gasteiger partial charge in [-0.05, 0) is 25.0 Å². The highest BCUT2D eigenvalue weighted by atomic mass is 32.2. The standard InChI is InChI=1S/C14H18OS/c15-11-12-7-9-14(10-8-12)16-13-5-3-1-2-4-6-13/h7-11,13H,1-6H2. The van der Waals surface area contributed by atoms with E-state index in [-0.39, 0.29) is 0 Å². The van der Waals surface area contributed by atoms with E-state index in [1.165, 1.54) is 43.4 Å². The van der Waals surface area contributed by atoms with E-state index in [1.54, 1.807) is 0 Å². The highest BCUT2D eigenvalue weighted by Crippen LogP contribution is 2.32. The van der Waals surface area contributed by atoms with Crippen LogP contribution in [-0.4, -0.2) is 11.5 Å². The second-order valence-electron chi connectivity index (χ2n) is 4.42. The summed E-state index contributed by atoms with van der Waals surface area (Å²) < 4.78 is 0. The third-order valence-electron chi connectivity index (χ3n) is 3.12. The Morgan fingerprint density at radius 1 is 1.00 bits per heavy atom. The van der Waals surface area contributed by atoms with E-state index in [2.05, 4.69) is 12.1 Å². The summed E-state index contributed by atoms with van der Waals surface area (Å²) in [6, 6.07) is 7.96. The van der Waals surface area contributed by atoms with Crippen LogP contribution in [0, 0.1) is 0 Å². The largest absolute Gasteiger partial charge is 0.298 e. The number of rotatable bonds is 3. The Morgan fingerprint density at radius 3 is 2.19 bits per heavy atom. The molecule has 0 bridgehead atoms. The van der Waals surface area contributed by atoms with Crippen LogP contribution >= 0.6 is 11.8 Å². The molecule has 1 aliphatic carbocycles. The molecule has 1 aromatic rings. The smallest absolute Gasteiger partial charge is 0.150 e. The fraction of sp³-hybridized carbons (Fsp3) is 0.500. The summed E-state index contributed by atoms with van der Waals surface area (Å²) in [6.45, 7) is 0. The van der Waals surface area contributed by atoms with E-state index in [0.29, 0.717) is 0 Å². The lowest BCUT2D eigenvalue weighted by molar-refractivity contribution is 0.112. The SMILES string of the molecule is O=Cc1ccc(SC2CCCCCC2)cc1. The minimum Gasteiger partial charge on any atom is -0.298 e. The maximum atomic E-state index is 10.5. The number of carbonyl (C=O) groups excluding carboxylic acids is 1. The van der Waals surface area contributed by atoms with Crippen molar-refractivity contribution in [2.45, 2.75) is 48.7 Å². The Kier molecular flexibility index (Phi) is 4.46. The Bertz CT molecular complexity index is 323. The number of aldehydes is 1. The van der Waals surface area contributed by atoms with Crippen LogP contribution in [-0.2, 0) is 0 Å². The van der Waals surface area contributed by atoms with Crippen LogP contribution < -0.4 is 0 Å². The zero-order valence-corrected chi connectivity index (χ0v) is 10.3. The molecule has 0 heterocycles. The predicted molar refractivity (Wildman–Crippen MR) is 69.2 cm³/mol. The molecule has 1 saturated carbocycles. The fourth-order valence-corrected chi connectivity index (χ4v) is 3.42. The summed E-state index contributed by atoms with van der Waals surface area (Å²) in [4.78, 5) is 11.8. The molecule has 2 heteroatoms. The van der Waals surface area contributed by atoms with Crippen LogP contribution in [0.1, 0.15) is 48.9 Å². The monoisotopic (exact) mass is 234 g/mol. The molecular weight excluding hydrogens is 216 g/mol. The van der Waals surface area contributed by atoms with Crippen LogP contribution in [0.25, 0.3) is 0 Å². The summed E-state index contributed by atoms with van der Waals surface area (Å²) in [5, 5.41) is 0.782. The van der Waals surface area contributed by atoms with Gasteiger partial charge in [0.15, 0.2) is 0 Å². The highest BCUT2D eigenvalue weighted by molar-refractivity contribution is 8.00. The first-order chi connectivity index (χ1) is 7.88. The minimum atomic E-state index is 0.769. The molecule has 0 aromatic heterocycles. The molecule has 0 spiro atoms. The van der Waals surface area contributed by atoms with Crippen molar-refractivity contribution < 1.29 is 4.79 Å². The van der Waals surface area contributed by atoms with Crippen LogP contribution in [0.15, 0.2) is 29.2 Å². The molecule has 1 fully saturated rings. The van der Waals surface area contributed by atoms with Gasteiger partial charge in [-0.15, -0.1) is 11.8 Å². The summed E-state index contributed by atoms with van der Waals surface area (Å²) in [5.74, 6) is 0. The maximum Gasteiger partial charge on any atom is 0.150 e. The van der Waals surface area contributed by atoms with E-state index in [9.17, 15) is 4.79 Å². The molecule has 0 saturated heterocycles. The molecule has 16 heavy (non-hydrogen) atoms. The van der Waals surface area contributed by atoms with Crippen molar-refractivity contribution in [3.8, 4) is 0 Å². The van der Waals surface area contributed by atoms with Gasteiger partial charge in [0.25, 0.3) is 0 Å². The number of carbonyl (C=O) groups is 1. The molecule has 0 unspecified atom stereocenters. The number of benzene rings is 1. The molecule has 0 aliphatic heterocycles. The summed E-state index contributed by atoms with van der Waals surface area (Å²) in [5.41, 5.74) is 0.769. The Labute approximate surface area is 102 Å². The fourth-order valence-electron chi connectivity index (χ4n) is 2.18. The van der Waals surface area contributed by atoms with Gasteiger partial charge in [-0.2, -0.15) is 0 Å². The average molecular weight is 234 g/mol. The second kappa shape index (κ2) is 6.09. The Balaban J connectivity index is 1.93. The second-order valence-corrected chi connectivity index (χ2v) is 5.79. The first kappa shape index (κ1) is 11.7. The zero-order chi connectivity index (χ0) is 11.2. The van der Waals surface area contributed by atoms with Crippen LogP contribution in [0.5, 0.6) is 0 Å². The molecule has 0 amide bonds. The summed E-state index contributed by atoms with van der Waals surface area (Å²) in [7, 11) is 0. The minimum absolute atomic E-state index is 0.769. The number of thioether (sulfide) groups is 1. The summed E-state index contributed by atoms with van der Waals surface area (Å²) in [6.07, 6.45) is 9.16. The van der Waals surface area contributed by atoms with E-state index in [1.807, 2.05) is 23.9 Å². The molecule has 0 N–H and O–H groups in total. The Morgan fingerprint density at radius 2 is 1.62 bits per heavy atom. The summed E-state index contributed by atoms with van der Waals surface area (Å²) >= 11 is 1.98. The number of hydrogen-bond acceptors (Lipinski definition) is 2. The van der Waals surface area contributed by atoms with E-state index in [4.69, 9.17) is 0 Å². The van der Waals surface area contributed by atoms with E-state index >= 15 is 0 Å². The van der Waals surface area contributed by atoms with Gasteiger partial charge < -0.3 is 0 Å². The third-order valence-corrected chi connectivity index (χ3v) is 4.47. The first-order valence-electron chi connectivity index (χ1n) is 6.10. The molecule has 1 nitrogen and oxygen atoms in total. The van der Waals surface area contributed by atoms with Crippen LogP contribution in [0.2, 0.25) is 0 Å². The third kappa shape index (κ3) is 3.38. The van der Waals surface area contributed by atoms with Crippen molar-refractivity contribution in [3.63, 3.8) is 0 Å². The normalized spacial score (nSPS) is 18.0. The molecule has 0 radical (unpaired) electrons. The topological polar surface area (TPSA) is 17.1 Å². The van der Waals surface area contributed by atoms with Crippen molar-refractivity contribution in [1.29, 1.82) is 0 Å². The Hall–Kier alpha value is -0.760. The van der Waals surface area contributed by atoms with Crippen LogP contribution in [0.3, 0.4) is 0 Å². The molecule has 1 aromatic carbocycles. The van der Waals surface area contributed by atoms with Gasteiger partial charge in [0, 0.05) is 15.7 Å². The maximum absolute atomic E-state index is 10.5. The van der Waals surface area contributed by atoms with Gasteiger partial charge in [0.05, 0.1) is 0 Å². The lowest BCUT2D eigenvalue weighted by atomic mass is 10.2. The van der Waals surface area contributed by atoms with Crippen molar-refractivity contribution in [1.82, 2.24) is 0 Å². The van der Waals surface area contributed by atoms with Crippen molar-refractivity contribution in [3.05, 3.63) is 29.8 Å². The van der Waals surface area contributed by atoms with Crippen LogP contribution in [0.4, 0.5) is 0 Å². The van der Waals surface area contributed by atoms with E-state index < -0.39 is 0 Å². The molecule has 0 atom stereocenters. The van der Waals surface area contributed by atoms with Crippen molar-refractivity contribution in [2.24, 2.45) is 0 Å². The highest BCUT2D eigenvalue weighted by Gasteiger charge is 2.13. The first-order valence-corrected chi connectivity index (χ1v) is 6.98. The van der Waals surface area contributed by atoms with Gasteiger partial charge >= 0.3 is 0 Å². The zero-order valence-electron chi connectivity index (χ0n) is 9.52. The van der Waals surface area contributed by atoms with Gasteiger partial charge in [-0.3, -0.25) is 4.79 Å². The molecule has 1 aliphatic rings. The number of hydrogen-bond donors (Lipinski definition) is 0. The van der Waals surface area contributed by atoms with Crippen molar-refractivity contribution in [2.75, 3.05) is 0 Å². The van der Waals surface area contributed by atoms with Gasteiger partial charge in [-0.1, -0.05) is 37.8 Å².